The summed E-state index contributed by atoms with van der Waals surface area (Å²) >= 11 is 0. The van der Waals surface area contributed by atoms with E-state index in [1.54, 1.807) is 0 Å². The zero-order chi connectivity index (χ0) is 19.2. The Balaban J connectivity index is 0.00000151. The van der Waals surface area contributed by atoms with E-state index in [2.05, 4.69) is 0 Å². The van der Waals surface area contributed by atoms with Gasteiger partial charge in [0.05, 0.1) is 6.10 Å². The smallest absolute Gasteiger partial charge is 0.331 e. The molecular weight excluding hydrogens is 336 g/mol. The number of carbonyl (C=O) groups excluding carboxylic acids is 2. The van der Waals surface area contributed by atoms with Gasteiger partial charge in [-0.25, -0.2) is 4.79 Å². The molecule has 25 heavy (non-hydrogen) atoms. The van der Waals surface area contributed by atoms with Crippen molar-refractivity contribution in [2.75, 3.05) is 0 Å². The molecule has 0 amide bonds. The second kappa shape index (κ2) is 8.58. The monoisotopic (exact) mass is 356 g/mol. The molecule has 1 saturated carbocycles. The van der Waals surface area contributed by atoms with Gasteiger partial charge in [-0.2, -0.15) is 0 Å². The average Bonchev–Trinajstić information content (AvgIpc) is 2.54. The number of aliphatic hydroxyl groups excluding tert-OH is 2. The number of ether oxygens (including phenoxy) is 1. The van der Waals surface area contributed by atoms with Gasteiger partial charge in [-0.1, -0.05) is 6.07 Å². The number of aliphatic hydroxyl groups is 4. The molecule has 0 heterocycles. The molecule has 2 rings (SSSR count). The molecule has 6 N–H and O–H groups in total. The third-order valence-corrected chi connectivity index (χ3v) is 3.52. The van der Waals surface area contributed by atoms with Crippen LogP contribution in [0.2, 0.25) is 0 Å². The number of hydrogen-bond acceptors (Lipinski definition) is 9. The van der Waals surface area contributed by atoms with Crippen LogP contribution in [0.1, 0.15) is 18.4 Å². The Kier molecular flexibility index (Phi) is 7.07. The zero-order valence-electron chi connectivity index (χ0n) is 13.1. The number of benzene rings is 1. The Morgan fingerprint density at radius 1 is 1.16 bits per heavy atom. The van der Waals surface area contributed by atoms with Gasteiger partial charge >= 0.3 is 5.97 Å². The van der Waals surface area contributed by atoms with E-state index in [0.29, 0.717) is 5.56 Å². The second-order valence-corrected chi connectivity index (χ2v) is 5.51. The molecule has 0 spiro atoms. The highest BCUT2D eigenvalue weighted by Gasteiger charge is 2.44. The second-order valence-electron chi connectivity index (χ2n) is 5.51. The van der Waals surface area contributed by atoms with Gasteiger partial charge in [0.25, 0.3) is 0 Å². The number of phenolic OH excluding ortho intramolecular Hbond substituents is 2. The highest BCUT2D eigenvalue weighted by Crippen LogP contribution is 2.29. The van der Waals surface area contributed by atoms with Crippen molar-refractivity contribution in [1.29, 1.82) is 0 Å². The first-order valence-corrected chi connectivity index (χ1v) is 7.18. The van der Waals surface area contributed by atoms with Gasteiger partial charge in [0, 0.05) is 18.9 Å². The molecule has 1 aromatic rings. The van der Waals surface area contributed by atoms with Gasteiger partial charge < -0.3 is 40.2 Å². The molecule has 138 valence electrons. The van der Waals surface area contributed by atoms with Gasteiger partial charge in [-0.15, -0.1) is 0 Å². The lowest BCUT2D eigenvalue weighted by Gasteiger charge is -2.38. The van der Waals surface area contributed by atoms with Crippen molar-refractivity contribution in [1.82, 2.24) is 0 Å². The molecule has 9 nitrogen and oxygen atoms in total. The van der Waals surface area contributed by atoms with Crippen LogP contribution in [0.3, 0.4) is 0 Å². The summed E-state index contributed by atoms with van der Waals surface area (Å²) in [5.41, 5.74) is 0.417. The molecule has 3 atom stereocenters. The quantitative estimate of drug-likeness (QED) is 0.173. The lowest BCUT2D eigenvalue weighted by atomic mass is 9.87. The van der Waals surface area contributed by atoms with E-state index >= 15 is 0 Å². The molecule has 0 radical (unpaired) electrons. The molecule has 0 bridgehead atoms. The van der Waals surface area contributed by atoms with Crippen LogP contribution in [0.25, 0.3) is 6.08 Å². The van der Waals surface area contributed by atoms with Crippen molar-refractivity contribution >= 4 is 18.8 Å². The Labute approximate surface area is 143 Å². The molecule has 1 fully saturated rings. The van der Waals surface area contributed by atoms with Crippen molar-refractivity contribution in [3.05, 3.63) is 29.8 Å². The Morgan fingerprint density at radius 3 is 2.40 bits per heavy atom. The third kappa shape index (κ3) is 5.84. The highest BCUT2D eigenvalue weighted by atomic mass is 16.6. The Hall–Kier alpha value is -2.46. The van der Waals surface area contributed by atoms with Crippen LogP contribution in [0.15, 0.2) is 24.3 Å². The van der Waals surface area contributed by atoms with E-state index < -0.39 is 42.9 Å². The van der Waals surface area contributed by atoms with E-state index in [1.165, 1.54) is 24.3 Å². The van der Waals surface area contributed by atoms with Crippen LogP contribution >= 0.6 is 0 Å². The normalized spacial score (nSPS) is 25.0. The van der Waals surface area contributed by atoms with E-state index in [1.807, 2.05) is 6.79 Å². The molecule has 1 aliphatic carbocycles. The van der Waals surface area contributed by atoms with Gasteiger partial charge in [0.2, 0.25) is 0 Å². The number of phenols is 2. The first-order valence-electron chi connectivity index (χ1n) is 7.18. The summed E-state index contributed by atoms with van der Waals surface area (Å²) in [6.07, 6.45) is -2.66. The van der Waals surface area contributed by atoms with Gasteiger partial charge in [0.15, 0.2) is 17.3 Å². The highest BCUT2D eigenvalue weighted by molar-refractivity contribution is 5.87. The predicted octanol–water partition coefficient (Wildman–Crippen LogP) is -0.966. The lowest BCUT2D eigenvalue weighted by Crippen LogP contribution is -2.53. The van der Waals surface area contributed by atoms with Gasteiger partial charge in [0.1, 0.15) is 19.0 Å². The van der Waals surface area contributed by atoms with E-state index in [4.69, 9.17) is 9.53 Å². The summed E-state index contributed by atoms with van der Waals surface area (Å²) < 4.78 is 4.92. The predicted molar refractivity (Wildman–Crippen MR) is 84.2 cm³/mol. The number of aromatic hydroxyl groups is 2. The summed E-state index contributed by atoms with van der Waals surface area (Å²) in [5, 5.41) is 56.8. The average molecular weight is 356 g/mol. The minimum atomic E-state index is -2.23. The number of rotatable bonds is 3. The van der Waals surface area contributed by atoms with Crippen molar-refractivity contribution in [2.45, 2.75) is 36.9 Å². The molecule has 2 unspecified atom stereocenters. The first kappa shape index (κ1) is 20.6. The molecular formula is C16H20O9. The maximum absolute atomic E-state index is 11.7. The van der Waals surface area contributed by atoms with E-state index in [0.717, 1.165) is 6.08 Å². The van der Waals surface area contributed by atoms with Crippen LogP contribution in [-0.2, 0) is 14.3 Å². The molecule has 9 heteroatoms. The van der Waals surface area contributed by atoms with Gasteiger partial charge in [-0.3, -0.25) is 0 Å². The maximum atomic E-state index is 11.7. The fourth-order valence-corrected chi connectivity index (χ4v) is 2.34. The number of hydrogen-bond donors (Lipinski definition) is 6. The topological polar surface area (TPSA) is 165 Å². The first-order chi connectivity index (χ1) is 11.7. The molecule has 0 saturated heterocycles. The summed E-state index contributed by atoms with van der Waals surface area (Å²) in [6.45, 7) is 2.00. The molecule has 1 aliphatic rings. The lowest BCUT2D eigenvalue weighted by molar-refractivity contribution is -0.248. The largest absolute Gasteiger partial charge is 0.504 e. The van der Waals surface area contributed by atoms with Crippen LogP contribution in [0.5, 0.6) is 11.5 Å². The standard InChI is InChI=1S/C15H18O8.CH2O/c16-9-3-1-8(5-10(9)17)2-4-13(19)23-12-7-15(21,22)6-11(18)14(12)20;1-2/h1-5,11-12,14,16-18,20-22H,6-7H2;1H2/b4-2+;/t11?,12?,14-;/m1./s1. The number of carbonyl (C=O) groups is 2. The number of esters is 1. The Bertz CT molecular complexity index is 626. The summed E-state index contributed by atoms with van der Waals surface area (Å²) in [4.78, 5) is 19.7. The van der Waals surface area contributed by atoms with Crippen molar-refractivity contribution < 1.29 is 45.0 Å². The van der Waals surface area contributed by atoms with E-state index in [9.17, 15) is 35.4 Å². The SMILES string of the molecule is C=O.O=C(/C=C/c1ccc(O)c(O)c1)OC1CC(O)(O)CC(O)[C@H]1O. The zero-order valence-corrected chi connectivity index (χ0v) is 13.1. The van der Waals surface area contributed by atoms with Crippen LogP contribution < -0.4 is 0 Å². The summed E-state index contributed by atoms with van der Waals surface area (Å²) in [7, 11) is 0. The maximum Gasteiger partial charge on any atom is 0.331 e. The minimum absolute atomic E-state index is 0.300. The Morgan fingerprint density at radius 2 is 1.80 bits per heavy atom. The minimum Gasteiger partial charge on any atom is -0.504 e. The third-order valence-electron chi connectivity index (χ3n) is 3.52. The fraction of sp³-hybridized carbons (Fsp3) is 0.375. The van der Waals surface area contributed by atoms with Crippen LogP contribution in [0, 0.1) is 0 Å². The van der Waals surface area contributed by atoms with Crippen molar-refractivity contribution in [2.24, 2.45) is 0 Å². The summed E-state index contributed by atoms with van der Waals surface area (Å²) in [6, 6.07) is 3.92. The van der Waals surface area contributed by atoms with Gasteiger partial charge in [-0.05, 0) is 23.8 Å². The summed E-state index contributed by atoms with van der Waals surface area (Å²) in [5.74, 6) is -3.75. The van der Waals surface area contributed by atoms with Crippen molar-refractivity contribution in [3.63, 3.8) is 0 Å². The van der Waals surface area contributed by atoms with Crippen LogP contribution in [0.4, 0.5) is 0 Å². The molecule has 0 aliphatic heterocycles. The van der Waals surface area contributed by atoms with Crippen molar-refractivity contribution in [3.8, 4) is 11.5 Å². The van der Waals surface area contributed by atoms with E-state index in [-0.39, 0.29) is 11.5 Å². The van der Waals surface area contributed by atoms with Crippen LogP contribution in [-0.4, -0.2) is 67.5 Å². The molecule has 1 aromatic carbocycles. The molecule has 0 aromatic heterocycles. The fourth-order valence-electron chi connectivity index (χ4n) is 2.34.